The molecule has 0 aliphatic carbocycles. The molecule has 0 radical (unpaired) electrons. The number of amides is 2. The van der Waals surface area contributed by atoms with Gasteiger partial charge in [-0.25, -0.2) is 0 Å². The lowest BCUT2D eigenvalue weighted by molar-refractivity contribution is -0.121. The van der Waals surface area contributed by atoms with Crippen molar-refractivity contribution in [2.45, 2.75) is 26.3 Å². The second-order valence-corrected chi connectivity index (χ2v) is 6.43. The van der Waals surface area contributed by atoms with Crippen LogP contribution in [0.3, 0.4) is 0 Å². The van der Waals surface area contributed by atoms with Crippen LogP contribution in [0.5, 0.6) is 5.75 Å². The average molecular weight is 375 g/mol. The van der Waals surface area contributed by atoms with Crippen LogP contribution in [0, 0.1) is 6.92 Å². The topological polar surface area (TPSA) is 67.4 Å². The van der Waals surface area contributed by atoms with E-state index in [0.29, 0.717) is 10.6 Å². The van der Waals surface area contributed by atoms with Crippen LogP contribution in [0.4, 0.5) is 0 Å². The van der Waals surface area contributed by atoms with E-state index in [-0.39, 0.29) is 30.8 Å². The van der Waals surface area contributed by atoms with Gasteiger partial charge in [0, 0.05) is 18.5 Å². The van der Waals surface area contributed by atoms with Gasteiger partial charge in [0.1, 0.15) is 5.75 Å². The largest absolute Gasteiger partial charge is 0.496 e. The zero-order chi connectivity index (χ0) is 19.1. The lowest BCUT2D eigenvalue weighted by Gasteiger charge is -2.18. The highest BCUT2D eigenvalue weighted by molar-refractivity contribution is 6.33. The van der Waals surface area contributed by atoms with Gasteiger partial charge in [-0.05, 0) is 32.0 Å². The zero-order valence-corrected chi connectivity index (χ0v) is 15.9. The summed E-state index contributed by atoms with van der Waals surface area (Å²) >= 11 is 5.99. The molecule has 0 unspecified atom stereocenters. The first-order valence-electron chi connectivity index (χ1n) is 8.39. The highest BCUT2D eigenvalue weighted by atomic mass is 35.5. The number of nitrogens with one attached hydrogen (secondary N) is 2. The number of halogens is 1. The molecule has 0 fully saturated rings. The number of aryl methyl sites for hydroxylation is 1. The first kappa shape index (κ1) is 19.8. The van der Waals surface area contributed by atoms with Crippen molar-refractivity contribution < 1.29 is 14.3 Å². The summed E-state index contributed by atoms with van der Waals surface area (Å²) in [5.74, 6) is 0.285. The molecule has 0 saturated carbocycles. The lowest BCUT2D eigenvalue weighted by atomic mass is 10.0. The quantitative estimate of drug-likeness (QED) is 0.777. The van der Waals surface area contributed by atoms with Crippen LogP contribution in [0.2, 0.25) is 5.02 Å². The van der Waals surface area contributed by atoms with Crippen molar-refractivity contribution in [1.82, 2.24) is 10.6 Å². The van der Waals surface area contributed by atoms with Crippen LogP contribution >= 0.6 is 11.6 Å². The van der Waals surface area contributed by atoms with Crippen LogP contribution in [0.25, 0.3) is 0 Å². The molecule has 2 rings (SSSR count). The van der Waals surface area contributed by atoms with Crippen LogP contribution in [0.1, 0.15) is 40.9 Å². The molecule has 0 saturated heterocycles. The van der Waals surface area contributed by atoms with Crippen molar-refractivity contribution in [3.05, 3.63) is 64.2 Å². The number of carbonyl (C=O) groups is 2. The van der Waals surface area contributed by atoms with E-state index < -0.39 is 0 Å². The molecule has 0 bridgehead atoms. The number of hydrogen-bond acceptors (Lipinski definition) is 3. The van der Waals surface area contributed by atoms with Crippen LogP contribution in [-0.4, -0.2) is 25.5 Å². The summed E-state index contributed by atoms with van der Waals surface area (Å²) in [5.41, 5.74) is 2.40. The van der Waals surface area contributed by atoms with Crippen LogP contribution in [-0.2, 0) is 4.79 Å². The third-order valence-corrected chi connectivity index (χ3v) is 4.31. The minimum atomic E-state index is -0.295. The van der Waals surface area contributed by atoms with Gasteiger partial charge in [0.2, 0.25) is 5.91 Å². The molecule has 2 aromatic rings. The van der Waals surface area contributed by atoms with Gasteiger partial charge in [-0.1, -0.05) is 41.4 Å². The lowest BCUT2D eigenvalue weighted by Crippen LogP contribution is -2.32. The van der Waals surface area contributed by atoms with Crippen molar-refractivity contribution in [3.8, 4) is 5.75 Å². The van der Waals surface area contributed by atoms with Crippen molar-refractivity contribution >= 4 is 23.4 Å². The molecule has 0 aliphatic heterocycles. The predicted octanol–water partition coefficient (Wildman–Crippen LogP) is 3.65. The Hall–Kier alpha value is -2.53. The molecule has 5 nitrogen and oxygen atoms in total. The standard InChI is InChI=1S/C20H23ClN2O3/c1-13-8-9-18(26-3)16(12-13)14(2)23-19(24)10-11-22-20(25)15-6-4-5-7-17(15)21/h4-9,12,14H,10-11H2,1-3H3,(H,22,25)(H,23,24)/t14-/m1/s1. The Labute approximate surface area is 158 Å². The molecular formula is C20H23ClN2O3. The third-order valence-electron chi connectivity index (χ3n) is 3.99. The second kappa shape index (κ2) is 9.25. The van der Waals surface area contributed by atoms with Crippen molar-refractivity contribution in [2.24, 2.45) is 0 Å². The summed E-state index contributed by atoms with van der Waals surface area (Å²) < 4.78 is 5.36. The third kappa shape index (κ3) is 5.23. The first-order chi connectivity index (χ1) is 12.4. The molecule has 2 aromatic carbocycles. The number of hydrogen-bond donors (Lipinski definition) is 2. The minimum absolute atomic E-state index is 0.152. The summed E-state index contributed by atoms with van der Waals surface area (Å²) in [4.78, 5) is 24.2. The maximum Gasteiger partial charge on any atom is 0.252 e. The monoisotopic (exact) mass is 374 g/mol. The van der Waals surface area contributed by atoms with Gasteiger partial charge in [-0.2, -0.15) is 0 Å². The Bertz CT molecular complexity index is 792. The van der Waals surface area contributed by atoms with Gasteiger partial charge in [0.05, 0.1) is 23.7 Å². The van der Waals surface area contributed by atoms with Crippen molar-refractivity contribution in [2.75, 3.05) is 13.7 Å². The SMILES string of the molecule is COc1ccc(C)cc1[C@@H](C)NC(=O)CCNC(=O)c1ccccc1Cl. The normalized spacial score (nSPS) is 11.5. The molecule has 0 aromatic heterocycles. The van der Waals surface area contributed by atoms with Gasteiger partial charge in [0.15, 0.2) is 0 Å². The number of ether oxygens (including phenoxy) is 1. The van der Waals surface area contributed by atoms with Gasteiger partial charge in [-0.3, -0.25) is 9.59 Å². The average Bonchev–Trinajstić information content (AvgIpc) is 2.61. The van der Waals surface area contributed by atoms with E-state index in [0.717, 1.165) is 16.9 Å². The smallest absolute Gasteiger partial charge is 0.252 e. The van der Waals surface area contributed by atoms with Crippen molar-refractivity contribution in [1.29, 1.82) is 0 Å². The fraction of sp³-hybridized carbons (Fsp3) is 0.300. The Balaban J connectivity index is 1.86. The molecule has 2 N–H and O–H groups in total. The van der Waals surface area contributed by atoms with Crippen LogP contribution < -0.4 is 15.4 Å². The minimum Gasteiger partial charge on any atom is -0.496 e. The molecule has 0 spiro atoms. The van der Waals surface area contributed by atoms with Gasteiger partial charge in [-0.15, -0.1) is 0 Å². The van der Waals surface area contributed by atoms with Gasteiger partial charge >= 0.3 is 0 Å². The Kier molecular flexibility index (Phi) is 7.04. The molecule has 26 heavy (non-hydrogen) atoms. The van der Waals surface area contributed by atoms with Gasteiger partial charge < -0.3 is 15.4 Å². The van der Waals surface area contributed by atoms with E-state index in [1.54, 1.807) is 31.4 Å². The van der Waals surface area contributed by atoms with E-state index in [2.05, 4.69) is 10.6 Å². The first-order valence-corrected chi connectivity index (χ1v) is 8.76. The summed E-state index contributed by atoms with van der Waals surface area (Å²) in [5, 5.41) is 6.02. The molecular weight excluding hydrogens is 352 g/mol. The molecule has 138 valence electrons. The van der Waals surface area contributed by atoms with E-state index >= 15 is 0 Å². The fourth-order valence-electron chi connectivity index (χ4n) is 2.61. The molecule has 0 aliphatic rings. The number of benzene rings is 2. The highest BCUT2D eigenvalue weighted by Crippen LogP contribution is 2.26. The van der Waals surface area contributed by atoms with Crippen LogP contribution in [0.15, 0.2) is 42.5 Å². The van der Waals surface area contributed by atoms with E-state index in [9.17, 15) is 9.59 Å². The second-order valence-electron chi connectivity index (χ2n) is 6.02. The van der Waals surface area contributed by atoms with E-state index in [1.807, 2.05) is 32.0 Å². The Morgan fingerprint density at radius 3 is 2.62 bits per heavy atom. The summed E-state index contributed by atoms with van der Waals surface area (Å²) in [6.07, 6.45) is 0.175. The summed E-state index contributed by atoms with van der Waals surface area (Å²) in [6, 6.07) is 12.4. The molecule has 0 heterocycles. The molecule has 1 atom stereocenters. The summed E-state index contributed by atoms with van der Waals surface area (Å²) in [7, 11) is 1.60. The van der Waals surface area contributed by atoms with Crippen molar-refractivity contribution in [3.63, 3.8) is 0 Å². The maximum absolute atomic E-state index is 12.2. The fourth-order valence-corrected chi connectivity index (χ4v) is 2.84. The zero-order valence-electron chi connectivity index (χ0n) is 15.1. The Morgan fingerprint density at radius 2 is 1.92 bits per heavy atom. The number of carbonyl (C=O) groups excluding carboxylic acids is 2. The van der Waals surface area contributed by atoms with E-state index in [4.69, 9.17) is 16.3 Å². The molecule has 2 amide bonds. The predicted molar refractivity (Wildman–Crippen MR) is 103 cm³/mol. The number of rotatable bonds is 7. The Morgan fingerprint density at radius 1 is 1.19 bits per heavy atom. The van der Waals surface area contributed by atoms with Gasteiger partial charge in [0.25, 0.3) is 5.91 Å². The molecule has 6 heteroatoms. The summed E-state index contributed by atoms with van der Waals surface area (Å²) in [6.45, 7) is 4.12. The number of methoxy groups -OCH3 is 1. The highest BCUT2D eigenvalue weighted by Gasteiger charge is 2.15. The maximum atomic E-state index is 12.2. The van der Waals surface area contributed by atoms with E-state index in [1.165, 1.54) is 0 Å².